The Kier molecular flexibility index (Phi) is 6.07. The molecule has 2 heterocycles. The molecule has 2 rings (SSSR count). The van der Waals surface area contributed by atoms with Gasteiger partial charge in [0.05, 0.1) is 19.0 Å². The van der Waals surface area contributed by atoms with Gasteiger partial charge < -0.3 is 19.2 Å². The van der Waals surface area contributed by atoms with E-state index in [1.54, 1.807) is 6.26 Å². The number of likely N-dealkylation sites (tertiary alicyclic amines) is 1. The average Bonchev–Trinajstić information content (AvgIpc) is 3.00. The summed E-state index contributed by atoms with van der Waals surface area (Å²) in [5.74, 6) is 2.36. The Morgan fingerprint density at radius 2 is 2.35 bits per heavy atom. The van der Waals surface area contributed by atoms with Gasteiger partial charge in [0.1, 0.15) is 12.4 Å². The van der Waals surface area contributed by atoms with E-state index in [1.165, 1.54) is 12.8 Å². The van der Waals surface area contributed by atoms with Crippen molar-refractivity contribution in [1.29, 1.82) is 0 Å². The molecule has 0 saturated carbocycles. The minimum absolute atomic E-state index is 0.367. The van der Waals surface area contributed by atoms with Gasteiger partial charge in [-0.05, 0) is 43.4 Å². The van der Waals surface area contributed by atoms with Crippen LogP contribution in [0.3, 0.4) is 0 Å². The van der Waals surface area contributed by atoms with Crippen molar-refractivity contribution in [3.63, 3.8) is 0 Å². The molecule has 1 fully saturated rings. The molecule has 0 amide bonds. The van der Waals surface area contributed by atoms with E-state index in [0.29, 0.717) is 19.8 Å². The summed E-state index contributed by atoms with van der Waals surface area (Å²) in [6.07, 6.45) is 3.77. The minimum atomic E-state index is -0.414. The Morgan fingerprint density at radius 1 is 1.50 bits per heavy atom. The second-order valence-corrected chi connectivity index (χ2v) is 6.29. The van der Waals surface area contributed by atoms with Crippen LogP contribution in [0, 0.1) is 11.8 Å². The number of nitrogens with zero attached hydrogens (tertiary/aromatic N) is 1. The fourth-order valence-corrected chi connectivity index (χ4v) is 2.98. The van der Waals surface area contributed by atoms with E-state index in [1.807, 2.05) is 12.1 Å². The molecule has 1 N–H and O–H groups in total. The lowest BCUT2D eigenvalue weighted by Gasteiger charge is -2.20. The molecule has 1 saturated heterocycles. The predicted molar refractivity (Wildman–Crippen MR) is 78.4 cm³/mol. The van der Waals surface area contributed by atoms with E-state index in [4.69, 9.17) is 9.15 Å². The maximum atomic E-state index is 10.0. The molecule has 2 unspecified atom stereocenters. The number of hydrogen-bond acceptors (Lipinski definition) is 4. The summed E-state index contributed by atoms with van der Waals surface area (Å²) in [5, 5.41) is 10.0. The molecule has 4 heteroatoms. The van der Waals surface area contributed by atoms with E-state index in [0.717, 1.165) is 30.7 Å². The lowest BCUT2D eigenvalue weighted by Crippen LogP contribution is -2.33. The van der Waals surface area contributed by atoms with E-state index < -0.39 is 6.10 Å². The molecule has 0 aliphatic carbocycles. The molecule has 0 bridgehead atoms. The topological polar surface area (TPSA) is 45.8 Å². The van der Waals surface area contributed by atoms with Crippen molar-refractivity contribution in [2.24, 2.45) is 11.8 Å². The monoisotopic (exact) mass is 281 g/mol. The average molecular weight is 281 g/mol. The van der Waals surface area contributed by atoms with Gasteiger partial charge in [0.25, 0.3) is 0 Å². The number of hydrogen-bond donors (Lipinski definition) is 1. The maximum absolute atomic E-state index is 10.0. The Hall–Kier alpha value is -0.840. The second kappa shape index (κ2) is 7.81. The van der Waals surface area contributed by atoms with Crippen molar-refractivity contribution < 1.29 is 14.3 Å². The van der Waals surface area contributed by atoms with E-state index in [-0.39, 0.29) is 0 Å². The maximum Gasteiger partial charge on any atom is 0.129 e. The molecular formula is C16H27NO3. The van der Waals surface area contributed by atoms with Crippen LogP contribution in [-0.4, -0.2) is 42.4 Å². The van der Waals surface area contributed by atoms with Crippen molar-refractivity contribution in [3.8, 4) is 0 Å². The van der Waals surface area contributed by atoms with Crippen LogP contribution < -0.4 is 0 Å². The fourth-order valence-electron chi connectivity index (χ4n) is 2.98. The Balaban J connectivity index is 1.59. The van der Waals surface area contributed by atoms with E-state index >= 15 is 0 Å². The van der Waals surface area contributed by atoms with Crippen LogP contribution in [0.4, 0.5) is 0 Å². The zero-order chi connectivity index (χ0) is 14.4. The highest BCUT2D eigenvalue weighted by molar-refractivity contribution is 4.96. The van der Waals surface area contributed by atoms with Crippen LogP contribution in [0.15, 0.2) is 22.8 Å². The molecule has 1 aromatic rings. The van der Waals surface area contributed by atoms with Gasteiger partial charge in [-0.1, -0.05) is 13.8 Å². The lowest BCUT2D eigenvalue weighted by atomic mass is 9.97. The standard InChI is InChI=1S/C16H27NO3/c1-13(2)8-14-5-6-17(9-14)10-15(18)11-19-12-16-4-3-7-20-16/h3-4,7,13-15,18H,5-6,8-12H2,1-2H3. The van der Waals surface area contributed by atoms with Gasteiger partial charge in [-0.15, -0.1) is 0 Å². The zero-order valence-corrected chi connectivity index (χ0v) is 12.6. The predicted octanol–water partition coefficient (Wildman–Crippen LogP) is 2.53. The summed E-state index contributed by atoms with van der Waals surface area (Å²) in [5.41, 5.74) is 0. The van der Waals surface area contributed by atoms with Gasteiger partial charge in [0, 0.05) is 13.1 Å². The summed E-state index contributed by atoms with van der Waals surface area (Å²) in [4.78, 5) is 2.36. The first-order valence-electron chi connectivity index (χ1n) is 7.64. The zero-order valence-electron chi connectivity index (χ0n) is 12.6. The molecule has 114 valence electrons. The highest BCUT2D eigenvalue weighted by Crippen LogP contribution is 2.23. The second-order valence-electron chi connectivity index (χ2n) is 6.29. The number of ether oxygens (including phenoxy) is 1. The van der Waals surface area contributed by atoms with Gasteiger partial charge in [-0.25, -0.2) is 0 Å². The highest BCUT2D eigenvalue weighted by Gasteiger charge is 2.24. The molecule has 0 radical (unpaired) electrons. The first-order chi connectivity index (χ1) is 9.63. The van der Waals surface area contributed by atoms with Crippen molar-refractivity contribution in [1.82, 2.24) is 4.90 Å². The van der Waals surface area contributed by atoms with Gasteiger partial charge in [0.15, 0.2) is 0 Å². The first kappa shape index (κ1) is 15.5. The molecule has 0 spiro atoms. The molecule has 1 aliphatic rings. The summed E-state index contributed by atoms with van der Waals surface area (Å²) in [7, 11) is 0. The van der Waals surface area contributed by atoms with Gasteiger partial charge >= 0.3 is 0 Å². The van der Waals surface area contributed by atoms with Gasteiger partial charge in [-0.2, -0.15) is 0 Å². The first-order valence-corrected chi connectivity index (χ1v) is 7.64. The normalized spacial score (nSPS) is 21.7. The van der Waals surface area contributed by atoms with Crippen LogP contribution in [-0.2, 0) is 11.3 Å². The smallest absolute Gasteiger partial charge is 0.129 e. The number of furan rings is 1. The minimum Gasteiger partial charge on any atom is -0.467 e. The summed E-state index contributed by atoms with van der Waals surface area (Å²) in [6, 6.07) is 3.72. The molecule has 20 heavy (non-hydrogen) atoms. The summed E-state index contributed by atoms with van der Waals surface area (Å²) in [6.45, 7) is 8.29. The quantitative estimate of drug-likeness (QED) is 0.795. The summed E-state index contributed by atoms with van der Waals surface area (Å²) < 4.78 is 10.7. The molecular weight excluding hydrogens is 254 g/mol. The third-order valence-electron chi connectivity index (χ3n) is 3.78. The van der Waals surface area contributed by atoms with E-state index in [9.17, 15) is 5.11 Å². The summed E-state index contributed by atoms with van der Waals surface area (Å²) >= 11 is 0. The molecule has 1 aliphatic heterocycles. The van der Waals surface area contributed by atoms with Crippen LogP contribution in [0.5, 0.6) is 0 Å². The number of β-amino-alcohol motifs (C(OH)–C–C–N with tert-alkyl or cyclic N) is 1. The van der Waals surface area contributed by atoms with Gasteiger partial charge in [0.2, 0.25) is 0 Å². The highest BCUT2D eigenvalue weighted by atomic mass is 16.5. The van der Waals surface area contributed by atoms with Crippen LogP contribution >= 0.6 is 0 Å². The van der Waals surface area contributed by atoms with Crippen LogP contribution in [0.25, 0.3) is 0 Å². The molecule has 1 aromatic heterocycles. The van der Waals surface area contributed by atoms with Crippen molar-refractivity contribution in [2.75, 3.05) is 26.2 Å². The molecule has 0 aromatic carbocycles. The molecule has 2 atom stereocenters. The number of rotatable bonds is 8. The van der Waals surface area contributed by atoms with Crippen molar-refractivity contribution in [3.05, 3.63) is 24.2 Å². The van der Waals surface area contributed by atoms with Crippen LogP contribution in [0.2, 0.25) is 0 Å². The SMILES string of the molecule is CC(C)CC1CCN(CC(O)COCc2ccco2)C1. The lowest BCUT2D eigenvalue weighted by molar-refractivity contribution is 0.00777. The van der Waals surface area contributed by atoms with E-state index in [2.05, 4.69) is 18.7 Å². The Labute approximate surface area is 121 Å². The van der Waals surface area contributed by atoms with Crippen LogP contribution in [0.1, 0.15) is 32.4 Å². The van der Waals surface area contributed by atoms with Crippen molar-refractivity contribution >= 4 is 0 Å². The Morgan fingerprint density at radius 3 is 3.05 bits per heavy atom. The number of aliphatic hydroxyl groups excluding tert-OH is 1. The van der Waals surface area contributed by atoms with Crippen molar-refractivity contribution in [2.45, 2.75) is 39.4 Å². The largest absolute Gasteiger partial charge is 0.467 e. The third-order valence-corrected chi connectivity index (χ3v) is 3.78. The fraction of sp³-hybridized carbons (Fsp3) is 0.750. The Bertz CT molecular complexity index is 364. The molecule has 4 nitrogen and oxygen atoms in total. The third kappa shape index (κ3) is 5.27. The number of aliphatic hydroxyl groups is 1. The van der Waals surface area contributed by atoms with Gasteiger partial charge in [-0.3, -0.25) is 0 Å².